The first kappa shape index (κ1) is 61.3. The number of carbonyl (C=O) groups excluding carboxylic acids is 3. The molecule has 0 aliphatic rings. The summed E-state index contributed by atoms with van der Waals surface area (Å²) in [5.74, 6) is -1.02. The average molecular weight is 903 g/mol. The smallest absolute Gasteiger partial charge is 0.306 e. The van der Waals surface area contributed by atoms with Crippen LogP contribution in [-0.2, 0) is 28.6 Å². The number of ether oxygens (including phenoxy) is 3. The molecule has 0 aliphatic heterocycles. The zero-order chi connectivity index (χ0) is 47.2. The van der Waals surface area contributed by atoms with Crippen molar-refractivity contribution in [2.45, 2.75) is 245 Å². The van der Waals surface area contributed by atoms with Gasteiger partial charge in [0.05, 0.1) is 0 Å². The molecular formula is C59H98O6. The van der Waals surface area contributed by atoms with Gasteiger partial charge in [-0.1, -0.05) is 240 Å². The summed E-state index contributed by atoms with van der Waals surface area (Å²) in [6.45, 7) is 6.43. The first-order valence-corrected chi connectivity index (χ1v) is 26.8. The molecule has 0 aliphatic carbocycles. The molecular weight excluding hydrogens is 805 g/mol. The van der Waals surface area contributed by atoms with Gasteiger partial charge in [-0.2, -0.15) is 0 Å². The first-order valence-electron chi connectivity index (χ1n) is 26.8. The Balaban J connectivity index is 4.53. The normalized spacial score (nSPS) is 12.8. The van der Waals surface area contributed by atoms with Gasteiger partial charge >= 0.3 is 17.9 Å². The lowest BCUT2D eigenvalue weighted by Crippen LogP contribution is -2.30. The maximum Gasteiger partial charge on any atom is 0.306 e. The monoisotopic (exact) mass is 903 g/mol. The van der Waals surface area contributed by atoms with Crippen LogP contribution in [0.4, 0.5) is 0 Å². The Morgan fingerprint density at radius 1 is 0.338 bits per heavy atom. The molecule has 0 bridgehead atoms. The highest BCUT2D eigenvalue weighted by Gasteiger charge is 2.19. The molecule has 370 valence electrons. The third-order valence-electron chi connectivity index (χ3n) is 11.1. The zero-order valence-corrected chi connectivity index (χ0v) is 42.2. The number of unbranched alkanes of at least 4 members (excludes halogenated alkanes) is 22. The van der Waals surface area contributed by atoms with Crippen LogP contribution in [-0.4, -0.2) is 37.2 Å². The number of hydrogen-bond donors (Lipinski definition) is 0. The second-order valence-corrected chi connectivity index (χ2v) is 17.5. The van der Waals surface area contributed by atoms with Gasteiger partial charge in [-0.05, 0) is 77.0 Å². The van der Waals surface area contributed by atoms with Crippen molar-refractivity contribution < 1.29 is 28.6 Å². The van der Waals surface area contributed by atoms with E-state index in [1.165, 1.54) is 96.3 Å². The average Bonchev–Trinajstić information content (AvgIpc) is 3.30. The van der Waals surface area contributed by atoms with E-state index in [1.807, 2.05) is 12.2 Å². The van der Waals surface area contributed by atoms with Crippen LogP contribution < -0.4 is 0 Å². The van der Waals surface area contributed by atoms with Gasteiger partial charge in [-0.25, -0.2) is 0 Å². The Bertz CT molecular complexity index is 1310. The second kappa shape index (κ2) is 52.9. The van der Waals surface area contributed by atoms with Crippen LogP contribution >= 0.6 is 0 Å². The number of rotatable bonds is 47. The molecule has 0 aromatic carbocycles. The molecule has 0 spiro atoms. The molecule has 0 heterocycles. The van der Waals surface area contributed by atoms with Crippen LogP contribution in [0, 0.1) is 0 Å². The standard InChI is InChI=1S/C59H98O6/c1-4-7-10-13-16-19-22-25-27-29-30-32-34-37-40-43-46-49-52-58(61)64-55-56(54-63-57(60)51-48-45-42-39-36-33-24-21-18-15-12-9-6-3)65-59(62)53-50-47-44-41-38-35-31-28-26-23-20-17-14-11-8-5-2/h8,11,17,20,22,25-30,32,35,38,44,47,56H,4-7,9-10,12-16,18-19,21,23-24,31,33-34,36-37,39-43,45-46,48-55H2,1-3H3/b11-8-,20-17-,25-22-,28-26-,29-27-,32-30-,38-35-,47-44-. The van der Waals surface area contributed by atoms with Gasteiger partial charge < -0.3 is 14.2 Å². The summed E-state index contributed by atoms with van der Waals surface area (Å²) in [6.07, 6.45) is 69.7. The molecule has 0 fully saturated rings. The van der Waals surface area contributed by atoms with E-state index in [0.29, 0.717) is 19.3 Å². The Morgan fingerprint density at radius 3 is 1.09 bits per heavy atom. The Morgan fingerprint density at radius 2 is 0.692 bits per heavy atom. The molecule has 1 atom stereocenters. The minimum Gasteiger partial charge on any atom is -0.462 e. The van der Waals surface area contributed by atoms with E-state index in [9.17, 15) is 14.4 Å². The Hall–Kier alpha value is -3.67. The molecule has 0 saturated carbocycles. The maximum atomic E-state index is 12.8. The second-order valence-electron chi connectivity index (χ2n) is 17.5. The van der Waals surface area contributed by atoms with Crippen LogP contribution in [0.25, 0.3) is 0 Å². The predicted molar refractivity (Wildman–Crippen MR) is 279 cm³/mol. The molecule has 0 aromatic heterocycles. The maximum absolute atomic E-state index is 12.8. The van der Waals surface area contributed by atoms with Crippen molar-refractivity contribution in [2.24, 2.45) is 0 Å². The summed E-state index contributed by atoms with van der Waals surface area (Å²) in [6, 6.07) is 0. The highest BCUT2D eigenvalue weighted by Crippen LogP contribution is 2.14. The molecule has 0 amide bonds. The van der Waals surface area contributed by atoms with Crippen molar-refractivity contribution >= 4 is 17.9 Å². The summed E-state index contributed by atoms with van der Waals surface area (Å²) >= 11 is 0. The summed E-state index contributed by atoms with van der Waals surface area (Å²) in [4.78, 5) is 38.0. The van der Waals surface area contributed by atoms with Crippen LogP contribution in [0.2, 0.25) is 0 Å². The van der Waals surface area contributed by atoms with Crippen molar-refractivity contribution in [3.05, 3.63) is 97.2 Å². The van der Waals surface area contributed by atoms with E-state index < -0.39 is 12.1 Å². The molecule has 0 rings (SSSR count). The van der Waals surface area contributed by atoms with Crippen molar-refractivity contribution in [1.29, 1.82) is 0 Å². The van der Waals surface area contributed by atoms with Crippen LogP contribution in [0.5, 0.6) is 0 Å². The van der Waals surface area contributed by atoms with Gasteiger partial charge in [0.25, 0.3) is 0 Å². The molecule has 6 nitrogen and oxygen atoms in total. The van der Waals surface area contributed by atoms with Crippen molar-refractivity contribution in [3.63, 3.8) is 0 Å². The lowest BCUT2D eigenvalue weighted by Gasteiger charge is -2.18. The van der Waals surface area contributed by atoms with E-state index in [2.05, 4.69) is 106 Å². The van der Waals surface area contributed by atoms with Crippen molar-refractivity contribution in [1.82, 2.24) is 0 Å². The van der Waals surface area contributed by atoms with Gasteiger partial charge in [0.1, 0.15) is 13.2 Å². The predicted octanol–water partition coefficient (Wildman–Crippen LogP) is 17.8. The highest BCUT2D eigenvalue weighted by atomic mass is 16.6. The summed E-state index contributed by atoms with van der Waals surface area (Å²) in [5, 5.41) is 0. The molecule has 65 heavy (non-hydrogen) atoms. The van der Waals surface area contributed by atoms with Gasteiger partial charge in [-0.15, -0.1) is 0 Å². The largest absolute Gasteiger partial charge is 0.462 e. The van der Waals surface area contributed by atoms with Crippen LogP contribution in [0.15, 0.2) is 97.2 Å². The number of carbonyl (C=O) groups is 3. The lowest BCUT2D eigenvalue weighted by molar-refractivity contribution is -0.166. The quantitative estimate of drug-likeness (QED) is 0.0199. The van der Waals surface area contributed by atoms with Gasteiger partial charge in [0.2, 0.25) is 0 Å². The Kier molecular flexibility index (Phi) is 50.0. The number of allylic oxidation sites excluding steroid dienone is 16. The zero-order valence-electron chi connectivity index (χ0n) is 42.2. The van der Waals surface area contributed by atoms with Crippen LogP contribution in [0.3, 0.4) is 0 Å². The fourth-order valence-electron chi connectivity index (χ4n) is 7.14. The Labute approximate surface area is 400 Å². The van der Waals surface area contributed by atoms with E-state index in [0.717, 1.165) is 96.3 Å². The molecule has 0 N–H and O–H groups in total. The number of esters is 3. The fourth-order valence-corrected chi connectivity index (χ4v) is 7.14. The SMILES string of the molecule is CC/C=C\C/C=C\C/C=C\C/C=C\C/C=C\CCC(=O)OC(COC(=O)CCCCCCC\C=C/C=C\C=C/CCCCCCC)COC(=O)CCCCCCCCCCCCCCC. The van der Waals surface area contributed by atoms with E-state index in [1.54, 1.807) is 0 Å². The molecule has 0 aromatic rings. The minimum atomic E-state index is -0.824. The van der Waals surface area contributed by atoms with E-state index >= 15 is 0 Å². The third kappa shape index (κ3) is 51.2. The van der Waals surface area contributed by atoms with E-state index in [-0.39, 0.29) is 31.6 Å². The summed E-state index contributed by atoms with van der Waals surface area (Å²) in [5.41, 5.74) is 0. The first-order chi connectivity index (χ1) is 32.0. The number of hydrogen-bond acceptors (Lipinski definition) is 6. The highest BCUT2D eigenvalue weighted by molar-refractivity contribution is 5.71. The lowest BCUT2D eigenvalue weighted by atomic mass is 10.0. The van der Waals surface area contributed by atoms with Crippen molar-refractivity contribution in [2.75, 3.05) is 13.2 Å². The fraction of sp³-hybridized carbons (Fsp3) is 0.678. The van der Waals surface area contributed by atoms with Crippen LogP contribution in [0.1, 0.15) is 239 Å². The van der Waals surface area contributed by atoms with Gasteiger partial charge in [-0.3, -0.25) is 14.4 Å². The molecule has 1 unspecified atom stereocenters. The summed E-state index contributed by atoms with van der Waals surface area (Å²) in [7, 11) is 0. The van der Waals surface area contributed by atoms with E-state index in [4.69, 9.17) is 14.2 Å². The molecule has 0 saturated heterocycles. The topological polar surface area (TPSA) is 78.9 Å². The van der Waals surface area contributed by atoms with Crippen molar-refractivity contribution in [3.8, 4) is 0 Å². The van der Waals surface area contributed by atoms with Gasteiger partial charge in [0.15, 0.2) is 6.10 Å². The minimum absolute atomic E-state index is 0.113. The molecule has 6 heteroatoms. The van der Waals surface area contributed by atoms with Gasteiger partial charge in [0, 0.05) is 19.3 Å². The third-order valence-corrected chi connectivity index (χ3v) is 11.1. The molecule has 0 radical (unpaired) electrons. The summed E-state index contributed by atoms with van der Waals surface area (Å²) < 4.78 is 16.7.